The number of hydrogen-bond donors (Lipinski definition) is 2. The maximum absolute atomic E-state index is 12.1. The average Bonchev–Trinajstić information content (AvgIpc) is 3.28. The molecule has 0 unspecified atom stereocenters. The molecule has 0 aliphatic carbocycles. The first-order chi connectivity index (χ1) is 12.5. The lowest BCUT2D eigenvalue weighted by Crippen LogP contribution is -2.25. The Morgan fingerprint density at radius 3 is 2.69 bits per heavy atom. The Bertz CT molecular complexity index is 858. The topological polar surface area (TPSA) is 102 Å². The monoisotopic (exact) mass is 372 g/mol. The number of nitrogens with zero attached hydrogens (tertiary/aromatic N) is 4. The summed E-state index contributed by atoms with van der Waals surface area (Å²) in [5.74, 6) is 7.00. The molecule has 0 atom stereocenters. The summed E-state index contributed by atoms with van der Waals surface area (Å²) in [6, 6.07) is 11.5. The van der Waals surface area contributed by atoms with Crippen molar-refractivity contribution in [2.24, 2.45) is 0 Å². The summed E-state index contributed by atoms with van der Waals surface area (Å²) in [6.07, 6.45) is 1.54. The molecule has 0 aliphatic heterocycles. The van der Waals surface area contributed by atoms with E-state index in [1.807, 2.05) is 43.3 Å². The van der Waals surface area contributed by atoms with Crippen molar-refractivity contribution in [1.82, 2.24) is 20.2 Å². The highest BCUT2D eigenvalue weighted by atomic mass is 32.2. The van der Waals surface area contributed by atoms with Gasteiger partial charge >= 0.3 is 0 Å². The van der Waals surface area contributed by atoms with Crippen LogP contribution in [0.3, 0.4) is 0 Å². The number of aromatic nitrogens is 3. The summed E-state index contributed by atoms with van der Waals surface area (Å²) in [5.41, 5.74) is 2.15. The van der Waals surface area contributed by atoms with Crippen molar-refractivity contribution < 1.29 is 9.21 Å². The predicted octanol–water partition coefficient (Wildman–Crippen LogP) is 1.73. The van der Waals surface area contributed by atoms with E-state index >= 15 is 0 Å². The van der Waals surface area contributed by atoms with Crippen molar-refractivity contribution >= 4 is 23.4 Å². The molecule has 136 valence electrons. The number of carbonyl (C=O) groups excluding carboxylic acids is 1. The minimum atomic E-state index is -0.103. The number of furan rings is 1. The van der Waals surface area contributed by atoms with E-state index in [2.05, 4.69) is 15.5 Å². The SMILES string of the molecule is CN(C)c1ccc(CNC(=O)CSc2nnc(-c3ccco3)n2N)cc1. The van der Waals surface area contributed by atoms with Gasteiger partial charge in [0.1, 0.15) is 0 Å². The zero-order valence-corrected chi connectivity index (χ0v) is 15.4. The van der Waals surface area contributed by atoms with E-state index in [1.165, 1.54) is 22.7 Å². The van der Waals surface area contributed by atoms with Gasteiger partial charge in [0.15, 0.2) is 5.76 Å². The Labute approximate surface area is 155 Å². The molecule has 3 aromatic rings. The maximum atomic E-state index is 12.1. The normalized spacial score (nSPS) is 10.7. The van der Waals surface area contributed by atoms with Gasteiger partial charge in [-0.1, -0.05) is 23.9 Å². The van der Waals surface area contributed by atoms with Crippen LogP contribution in [0.2, 0.25) is 0 Å². The van der Waals surface area contributed by atoms with Crippen LogP contribution in [0.4, 0.5) is 5.69 Å². The van der Waals surface area contributed by atoms with Crippen LogP contribution in [-0.2, 0) is 11.3 Å². The molecule has 0 bridgehead atoms. The molecule has 2 aromatic heterocycles. The minimum Gasteiger partial charge on any atom is -0.461 e. The molecule has 3 rings (SSSR count). The van der Waals surface area contributed by atoms with Crippen LogP contribution < -0.4 is 16.1 Å². The Morgan fingerprint density at radius 2 is 2.04 bits per heavy atom. The van der Waals surface area contributed by atoms with Crippen LogP contribution in [0.1, 0.15) is 5.56 Å². The molecule has 2 heterocycles. The van der Waals surface area contributed by atoms with E-state index in [9.17, 15) is 4.79 Å². The number of hydrogen-bond acceptors (Lipinski definition) is 7. The predicted molar refractivity (Wildman–Crippen MR) is 101 cm³/mol. The van der Waals surface area contributed by atoms with E-state index in [1.54, 1.807) is 12.1 Å². The first kappa shape index (κ1) is 17.9. The molecule has 0 fully saturated rings. The van der Waals surface area contributed by atoms with Crippen LogP contribution >= 0.6 is 11.8 Å². The fraction of sp³-hybridized carbons (Fsp3) is 0.235. The van der Waals surface area contributed by atoms with Crippen LogP contribution in [0.15, 0.2) is 52.2 Å². The second-order valence-electron chi connectivity index (χ2n) is 5.78. The van der Waals surface area contributed by atoms with Crippen molar-refractivity contribution in [2.45, 2.75) is 11.7 Å². The van der Waals surface area contributed by atoms with Gasteiger partial charge in [0.05, 0.1) is 12.0 Å². The van der Waals surface area contributed by atoms with Gasteiger partial charge in [-0.2, -0.15) is 0 Å². The number of carbonyl (C=O) groups is 1. The van der Waals surface area contributed by atoms with Crippen LogP contribution in [0.5, 0.6) is 0 Å². The third-order valence-corrected chi connectivity index (χ3v) is 4.62. The van der Waals surface area contributed by atoms with E-state index in [0.717, 1.165) is 11.3 Å². The van der Waals surface area contributed by atoms with Crippen molar-refractivity contribution in [1.29, 1.82) is 0 Å². The zero-order valence-electron chi connectivity index (χ0n) is 14.5. The van der Waals surface area contributed by atoms with Crippen molar-refractivity contribution in [3.05, 3.63) is 48.2 Å². The Hall–Kier alpha value is -2.94. The Kier molecular flexibility index (Phi) is 5.47. The van der Waals surface area contributed by atoms with Crippen molar-refractivity contribution in [2.75, 3.05) is 30.6 Å². The third-order valence-electron chi connectivity index (χ3n) is 3.68. The number of nitrogen functional groups attached to an aromatic ring is 1. The lowest BCUT2D eigenvalue weighted by molar-refractivity contribution is -0.118. The van der Waals surface area contributed by atoms with Crippen molar-refractivity contribution in [3.63, 3.8) is 0 Å². The standard InChI is InChI=1S/C17H20N6O2S/c1-22(2)13-7-5-12(6-8-13)10-19-15(24)11-26-17-21-20-16(23(17)18)14-4-3-9-25-14/h3-9H,10-11,18H2,1-2H3,(H,19,24). The first-order valence-corrected chi connectivity index (χ1v) is 8.93. The largest absolute Gasteiger partial charge is 0.461 e. The fourth-order valence-electron chi connectivity index (χ4n) is 2.24. The molecule has 8 nitrogen and oxygen atoms in total. The molecule has 0 aliphatic rings. The summed E-state index contributed by atoms with van der Waals surface area (Å²) in [5, 5.41) is 11.3. The lowest BCUT2D eigenvalue weighted by Gasteiger charge is -2.12. The molecule has 0 saturated heterocycles. The van der Waals surface area contributed by atoms with Gasteiger partial charge in [-0.25, -0.2) is 4.68 Å². The maximum Gasteiger partial charge on any atom is 0.230 e. The van der Waals surface area contributed by atoms with Gasteiger partial charge < -0.3 is 20.5 Å². The van der Waals surface area contributed by atoms with E-state index in [4.69, 9.17) is 10.3 Å². The molecular weight excluding hydrogens is 352 g/mol. The zero-order chi connectivity index (χ0) is 18.5. The smallest absolute Gasteiger partial charge is 0.230 e. The van der Waals surface area contributed by atoms with Gasteiger partial charge in [-0.3, -0.25) is 4.79 Å². The third kappa shape index (κ3) is 4.17. The van der Waals surface area contributed by atoms with Gasteiger partial charge in [-0.05, 0) is 29.8 Å². The quantitative estimate of drug-likeness (QED) is 0.481. The van der Waals surface area contributed by atoms with E-state index in [-0.39, 0.29) is 11.7 Å². The van der Waals surface area contributed by atoms with Gasteiger partial charge in [0, 0.05) is 26.3 Å². The number of amides is 1. The van der Waals surface area contributed by atoms with Crippen LogP contribution in [0.25, 0.3) is 11.6 Å². The van der Waals surface area contributed by atoms with Crippen molar-refractivity contribution in [3.8, 4) is 11.6 Å². The molecule has 9 heteroatoms. The average molecular weight is 372 g/mol. The minimum absolute atomic E-state index is 0.103. The van der Waals surface area contributed by atoms with Gasteiger partial charge in [0.25, 0.3) is 0 Å². The molecule has 26 heavy (non-hydrogen) atoms. The summed E-state index contributed by atoms with van der Waals surface area (Å²) in [7, 11) is 3.98. The molecule has 0 saturated carbocycles. The summed E-state index contributed by atoms with van der Waals surface area (Å²) < 4.78 is 6.57. The molecule has 0 spiro atoms. The van der Waals surface area contributed by atoms with Crippen LogP contribution in [-0.4, -0.2) is 40.6 Å². The number of thioether (sulfide) groups is 1. The molecule has 0 radical (unpaired) electrons. The highest BCUT2D eigenvalue weighted by Gasteiger charge is 2.15. The van der Waals surface area contributed by atoms with E-state index < -0.39 is 0 Å². The highest BCUT2D eigenvalue weighted by molar-refractivity contribution is 7.99. The lowest BCUT2D eigenvalue weighted by atomic mass is 10.2. The number of anilines is 1. The van der Waals surface area contributed by atoms with Gasteiger partial charge in [0.2, 0.25) is 16.9 Å². The van der Waals surface area contributed by atoms with Crippen LogP contribution in [0, 0.1) is 0 Å². The van der Waals surface area contributed by atoms with E-state index in [0.29, 0.717) is 23.3 Å². The molecule has 1 amide bonds. The number of benzene rings is 1. The molecule has 3 N–H and O–H groups in total. The Morgan fingerprint density at radius 1 is 1.27 bits per heavy atom. The summed E-state index contributed by atoms with van der Waals surface area (Å²) in [4.78, 5) is 14.1. The molecular formula is C17H20N6O2S. The summed E-state index contributed by atoms with van der Waals surface area (Å²) >= 11 is 1.22. The summed E-state index contributed by atoms with van der Waals surface area (Å²) in [6.45, 7) is 0.472. The number of rotatable bonds is 7. The van der Waals surface area contributed by atoms with Gasteiger partial charge in [-0.15, -0.1) is 10.2 Å². The number of nitrogens with two attached hydrogens (primary N) is 1. The highest BCUT2D eigenvalue weighted by Crippen LogP contribution is 2.21. The molecule has 1 aromatic carbocycles. The Balaban J connectivity index is 1.50. The second kappa shape index (κ2) is 7.96. The second-order valence-corrected chi connectivity index (χ2v) is 6.72. The number of nitrogens with one attached hydrogen (secondary N) is 1. The first-order valence-electron chi connectivity index (χ1n) is 7.94. The fourth-order valence-corrected chi connectivity index (χ4v) is 2.93.